The van der Waals surface area contributed by atoms with E-state index in [-0.39, 0.29) is 11.7 Å². The van der Waals surface area contributed by atoms with E-state index in [1.165, 1.54) is 17.7 Å². The fourth-order valence-electron chi connectivity index (χ4n) is 5.19. The molecule has 0 atom stereocenters. The van der Waals surface area contributed by atoms with Gasteiger partial charge in [0.1, 0.15) is 11.6 Å². The number of benzene rings is 3. The topological polar surface area (TPSA) is 82.2 Å². The summed E-state index contributed by atoms with van der Waals surface area (Å²) in [5.74, 6) is 0.472. The smallest absolute Gasteiger partial charge is 0.251 e. The van der Waals surface area contributed by atoms with Gasteiger partial charge in [0.2, 0.25) is 0 Å². The van der Waals surface area contributed by atoms with Crippen molar-refractivity contribution in [3.8, 4) is 22.5 Å². The van der Waals surface area contributed by atoms with Crippen molar-refractivity contribution in [1.82, 2.24) is 14.9 Å². The summed E-state index contributed by atoms with van der Waals surface area (Å²) in [6.07, 6.45) is 10.1. The molecule has 1 aromatic heterocycles. The Kier molecular flexibility index (Phi) is 10.3. The molecule has 0 fully saturated rings. The average Bonchev–Trinajstić information content (AvgIpc) is 3.68. The first-order chi connectivity index (χ1) is 21.0. The van der Waals surface area contributed by atoms with Crippen molar-refractivity contribution < 1.29 is 13.9 Å². The van der Waals surface area contributed by atoms with Crippen LogP contribution < -0.4 is 11.1 Å². The molecular weight excluding hydrogens is 539 g/mol. The van der Waals surface area contributed by atoms with E-state index in [1.54, 1.807) is 0 Å². The number of carbonyl (C=O) groups excluding carboxylic acids is 1. The summed E-state index contributed by atoms with van der Waals surface area (Å²) in [5, 5.41) is 2.93. The molecule has 4 aromatic rings. The van der Waals surface area contributed by atoms with E-state index in [4.69, 9.17) is 15.5 Å². The number of aryl methyl sites for hydroxylation is 1. The summed E-state index contributed by atoms with van der Waals surface area (Å²) in [4.78, 5) is 17.9. The summed E-state index contributed by atoms with van der Waals surface area (Å²) >= 11 is 0. The SMILES string of the molecule is Cc1ccc(-c2nc(C3=CC=CC3)n(Cc3ccc(C(=O)NCCOCCCCCN)cc3)c2-c2ccc(F)cc2)cc1. The van der Waals surface area contributed by atoms with Gasteiger partial charge in [0.05, 0.1) is 18.0 Å². The second kappa shape index (κ2) is 14.7. The fraction of sp³-hybridized carbons (Fsp3) is 0.278. The van der Waals surface area contributed by atoms with Crippen LogP contribution in [0.5, 0.6) is 0 Å². The van der Waals surface area contributed by atoms with Gasteiger partial charge >= 0.3 is 0 Å². The van der Waals surface area contributed by atoms with Gasteiger partial charge in [0.25, 0.3) is 5.91 Å². The Bertz CT molecular complexity index is 1570. The Morgan fingerprint density at radius 3 is 2.40 bits per heavy atom. The Hall–Kier alpha value is -4.33. The van der Waals surface area contributed by atoms with Gasteiger partial charge in [-0.05, 0) is 86.7 Å². The first-order valence-electron chi connectivity index (χ1n) is 15.0. The molecule has 3 aromatic carbocycles. The van der Waals surface area contributed by atoms with Crippen LogP contribution in [0.4, 0.5) is 4.39 Å². The summed E-state index contributed by atoms with van der Waals surface area (Å²) in [5.41, 5.74) is 13.1. The van der Waals surface area contributed by atoms with Crippen LogP contribution in [0.2, 0.25) is 0 Å². The number of nitrogens with zero attached hydrogens (tertiary/aromatic N) is 2. The first-order valence-corrected chi connectivity index (χ1v) is 15.0. The number of rotatable bonds is 14. The number of unbranched alkanes of at least 4 members (excludes halogenated alkanes) is 2. The molecule has 7 heteroatoms. The third-order valence-electron chi connectivity index (χ3n) is 7.55. The molecule has 1 heterocycles. The number of carbonyl (C=O) groups is 1. The number of hydrogen-bond donors (Lipinski definition) is 2. The second-order valence-corrected chi connectivity index (χ2v) is 10.8. The maximum absolute atomic E-state index is 14.0. The lowest BCUT2D eigenvalue weighted by Crippen LogP contribution is -2.27. The van der Waals surface area contributed by atoms with E-state index < -0.39 is 0 Å². The van der Waals surface area contributed by atoms with E-state index in [0.717, 1.165) is 65.2 Å². The van der Waals surface area contributed by atoms with Gasteiger partial charge in [0.15, 0.2) is 0 Å². The second-order valence-electron chi connectivity index (χ2n) is 10.8. The zero-order valence-electron chi connectivity index (χ0n) is 24.7. The molecule has 0 radical (unpaired) electrons. The number of amides is 1. The minimum Gasteiger partial charge on any atom is -0.380 e. The van der Waals surface area contributed by atoms with Gasteiger partial charge in [-0.2, -0.15) is 0 Å². The van der Waals surface area contributed by atoms with Crippen molar-refractivity contribution in [3.05, 3.63) is 119 Å². The van der Waals surface area contributed by atoms with Crippen LogP contribution in [0.15, 0.2) is 91.0 Å². The van der Waals surface area contributed by atoms with Crippen molar-refractivity contribution in [2.24, 2.45) is 5.73 Å². The molecule has 3 N–H and O–H groups in total. The Morgan fingerprint density at radius 2 is 1.70 bits per heavy atom. The van der Waals surface area contributed by atoms with E-state index in [1.807, 2.05) is 36.4 Å². The highest BCUT2D eigenvalue weighted by molar-refractivity contribution is 5.94. The van der Waals surface area contributed by atoms with Crippen molar-refractivity contribution >= 4 is 11.5 Å². The number of ether oxygens (including phenoxy) is 1. The number of nitrogens with one attached hydrogen (secondary N) is 1. The summed E-state index contributed by atoms with van der Waals surface area (Å²) in [7, 11) is 0. The van der Waals surface area contributed by atoms with Crippen LogP contribution in [0, 0.1) is 12.7 Å². The predicted molar refractivity (Wildman–Crippen MR) is 171 cm³/mol. The maximum Gasteiger partial charge on any atom is 0.251 e. The molecule has 1 amide bonds. The number of halogens is 1. The van der Waals surface area contributed by atoms with Crippen molar-refractivity contribution in [2.75, 3.05) is 26.3 Å². The number of imidazole rings is 1. The van der Waals surface area contributed by atoms with Crippen molar-refractivity contribution in [3.63, 3.8) is 0 Å². The molecule has 1 aliphatic carbocycles. The highest BCUT2D eigenvalue weighted by Gasteiger charge is 2.23. The molecule has 0 saturated carbocycles. The molecule has 0 spiro atoms. The fourth-order valence-corrected chi connectivity index (χ4v) is 5.19. The van der Waals surface area contributed by atoms with Gasteiger partial charge in [0, 0.05) is 36.4 Å². The molecule has 222 valence electrons. The zero-order valence-corrected chi connectivity index (χ0v) is 24.7. The molecule has 5 rings (SSSR count). The van der Waals surface area contributed by atoms with Crippen molar-refractivity contribution in [2.45, 2.75) is 39.2 Å². The van der Waals surface area contributed by atoms with Gasteiger partial charge in [-0.15, -0.1) is 0 Å². The van der Waals surface area contributed by atoms with Crippen LogP contribution in [-0.4, -0.2) is 41.8 Å². The number of allylic oxidation sites excluding steroid dienone is 4. The third-order valence-corrected chi connectivity index (χ3v) is 7.55. The van der Waals surface area contributed by atoms with E-state index in [9.17, 15) is 9.18 Å². The van der Waals surface area contributed by atoms with Crippen LogP contribution >= 0.6 is 0 Å². The normalized spacial score (nSPS) is 12.5. The standard InChI is InChI=1S/C36H39FN4O2/c1-26-9-13-28(14-10-26)33-34(29-17-19-32(37)20-18-29)41(35(40-33)30-7-3-4-8-30)25-27-11-15-31(16-12-27)36(42)39-22-24-43-23-6-2-5-21-38/h3-4,7,9-20H,2,5-6,8,21-25,38H2,1H3,(H,39,42). The van der Waals surface area contributed by atoms with Crippen LogP contribution in [0.25, 0.3) is 28.1 Å². The number of hydrogen-bond acceptors (Lipinski definition) is 4. The lowest BCUT2D eigenvalue weighted by Gasteiger charge is -2.15. The van der Waals surface area contributed by atoms with Gasteiger partial charge < -0.3 is 20.4 Å². The summed E-state index contributed by atoms with van der Waals surface area (Å²) < 4.78 is 21.8. The van der Waals surface area contributed by atoms with Crippen molar-refractivity contribution in [1.29, 1.82) is 0 Å². The zero-order chi connectivity index (χ0) is 30.0. The van der Waals surface area contributed by atoms with Gasteiger partial charge in [-0.3, -0.25) is 4.79 Å². The van der Waals surface area contributed by atoms with E-state index in [2.05, 4.69) is 59.3 Å². The Balaban J connectivity index is 1.38. The van der Waals surface area contributed by atoms with Gasteiger partial charge in [-0.25, -0.2) is 9.37 Å². The average molecular weight is 579 g/mol. The molecule has 43 heavy (non-hydrogen) atoms. The lowest BCUT2D eigenvalue weighted by molar-refractivity contribution is 0.0912. The largest absolute Gasteiger partial charge is 0.380 e. The van der Waals surface area contributed by atoms with E-state index in [0.29, 0.717) is 38.4 Å². The number of aromatic nitrogens is 2. The van der Waals surface area contributed by atoms with Crippen LogP contribution in [-0.2, 0) is 11.3 Å². The Morgan fingerprint density at radius 1 is 0.953 bits per heavy atom. The van der Waals surface area contributed by atoms with Crippen LogP contribution in [0.3, 0.4) is 0 Å². The highest BCUT2D eigenvalue weighted by Crippen LogP contribution is 2.37. The molecule has 0 aliphatic heterocycles. The van der Waals surface area contributed by atoms with Gasteiger partial charge in [-0.1, -0.05) is 60.2 Å². The summed E-state index contributed by atoms with van der Waals surface area (Å²) in [6.45, 7) is 4.93. The molecule has 0 unspecified atom stereocenters. The number of nitrogens with two attached hydrogens (primary N) is 1. The first kappa shape index (κ1) is 30.1. The lowest BCUT2D eigenvalue weighted by atomic mass is 10.0. The highest BCUT2D eigenvalue weighted by atomic mass is 19.1. The summed E-state index contributed by atoms with van der Waals surface area (Å²) in [6, 6.07) is 22.6. The quantitative estimate of drug-likeness (QED) is 0.159. The van der Waals surface area contributed by atoms with Crippen LogP contribution in [0.1, 0.15) is 53.0 Å². The Labute approximate surface area is 253 Å². The van der Waals surface area contributed by atoms with E-state index >= 15 is 0 Å². The third kappa shape index (κ3) is 7.74. The molecule has 6 nitrogen and oxygen atoms in total. The molecular formula is C36H39FN4O2. The minimum atomic E-state index is -0.280. The predicted octanol–water partition coefficient (Wildman–Crippen LogP) is 6.93. The molecule has 0 saturated heterocycles. The maximum atomic E-state index is 14.0. The molecule has 0 bridgehead atoms. The minimum absolute atomic E-state index is 0.127. The monoisotopic (exact) mass is 578 g/mol. The molecule has 1 aliphatic rings.